The fourth-order valence-corrected chi connectivity index (χ4v) is 4.76. The normalized spacial score (nSPS) is 14.2. The Hall–Kier alpha value is -1.39. The van der Waals surface area contributed by atoms with Crippen molar-refractivity contribution in [2.24, 2.45) is 0 Å². The molecule has 96 valence electrons. The minimum absolute atomic E-state index is 0.290. The van der Waals surface area contributed by atoms with Gasteiger partial charge in [0.15, 0.2) is 0 Å². The van der Waals surface area contributed by atoms with Crippen LogP contribution in [0.2, 0.25) is 0 Å². The van der Waals surface area contributed by atoms with Gasteiger partial charge in [-0.05, 0) is 29.8 Å². The second-order valence-electron chi connectivity index (χ2n) is 4.13. The fraction of sp³-hybridized carbons (Fsp3) is 0.133. The molecular weight excluding hydrogens is 276 g/mol. The Bertz CT molecular complexity index is 583. The maximum Gasteiger partial charge on any atom is 0.337 e. The van der Waals surface area contributed by atoms with Crippen LogP contribution >= 0.6 is 23.5 Å². The van der Waals surface area contributed by atoms with Gasteiger partial charge in [0.2, 0.25) is 0 Å². The van der Waals surface area contributed by atoms with Crippen LogP contribution < -0.4 is 0 Å². The molecule has 0 unspecified atom stereocenters. The standard InChI is InChI=1S/C15H12O2S2/c1-17-14(16)10-6-8-11(9-7-10)15-18-12-4-2-3-5-13(12)19-15/h2-9,15H,1H3. The summed E-state index contributed by atoms with van der Waals surface area (Å²) in [5.74, 6) is -0.290. The summed E-state index contributed by atoms with van der Waals surface area (Å²) in [5.41, 5.74) is 1.82. The molecule has 0 radical (unpaired) electrons. The van der Waals surface area contributed by atoms with Gasteiger partial charge in [-0.1, -0.05) is 24.3 Å². The van der Waals surface area contributed by atoms with Crippen molar-refractivity contribution in [1.82, 2.24) is 0 Å². The van der Waals surface area contributed by atoms with E-state index in [1.165, 1.54) is 22.5 Å². The van der Waals surface area contributed by atoms with E-state index in [4.69, 9.17) is 4.74 Å². The molecule has 1 aliphatic heterocycles. The number of hydrogen-bond acceptors (Lipinski definition) is 4. The first-order valence-corrected chi connectivity index (χ1v) is 7.64. The summed E-state index contributed by atoms with van der Waals surface area (Å²) in [4.78, 5) is 14.0. The first kappa shape index (κ1) is 12.6. The van der Waals surface area contributed by atoms with Crippen LogP contribution in [0.25, 0.3) is 0 Å². The molecule has 0 aromatic heterocycles. The summed E-state index contributed by atoms with van der Waals surface area (Å²) >= 11 is 3.71. The molecule has 19 heavy (non-hydrogen) atoms. The molecule has 1 aliphatic rings. The Morgan fingerprint density at radius 1 is 1.00 bits per heavy atom. The molecule has 0 atom stereocenters. The average molecular weight is 288 g/mol. The van der Waals surface area contributed by atoms with E-state index < -0.39 is 0 Å². The zero-order valence-corrected chi connectivity index (χ0v) is 12.0. The summed E-state index contributed by atoms with van der Waals surface area (Å²) in [6.07, 6.45) is 0. The van der Waals surface area contributed by atoms with Gasteiger partial charge in [0.05, 0.1) is 17.3 Å². The molecule has 2 aromatic rings. The van der Waals surface area contributed by atoms with Crippen molar-refractivity contribution in [3.05, 3.63) is 59.7 Å². The predicted molar refractivity (Wildman–Crippen MR) is 78.7 cm³/mol. The van der Waals surface area contributed by atoms with Crippen LogP contribution in [-0.4, -0.2) is 13.1 Å². The van der Waals surface area contributed by atoms with E-state index in [0.717, 1.165) is 0 Å². The van der Waals surface area contributed by atoms with Crippen molar-refractivity contribution >= 4 is 29.5 Å². The van der Waals surface area contributed by atoms with Crippen molar-refractivity contribution in [2.75, 3.05) is 7.11 Å². The smallest absolute Gasteiger partial charge is 0.337 e. The number of esters is 1. The second kappa shape index (κ2) is 5.31. The zero-order chi connectivity index (χ0) is 13.2. The molecular formula is C15H12O2S2. The molecule has 0 fully saturated rings. The van der Waals surface area contributed by atoms with Crippen molar-refractivity contribution in [3.63, 3.8) is 0 Å². The first-order chi connectivity index (χ1) is 9.28. The van der Waals surface area contributed by atoms with E-state index in [-0.39, 0.29) is 5.97 Å². The van der Waals surface area contributed by atoms with Crippen LogP contribution in [-0.2, 0) is 4.74 Å². The van der Waals surface area contributed by atoms with E-state index in [1.807, 2.05) is 47.8 Å². The first-order valence-electron chi connectivity index (χ1n) is 5.88. The van der Waals surface area contributed by atoms with Crippen LogP contribution in [0.4, 0.5) is 0 Å². The molecule has 0 bridgehead atoms. The Morgan fingerprint density at radius 3 is 2.11 bits per heavy atom. The quantitative estimate of drug-likeness (QED) is 0.767. The Morgan fingerprint density at radius 2 is 1.58 bits per heavy atom. The van der Waals surface area contributed by atoms with Gasteiger partial charge in [-0.3, -0.25) is 0 Å². The highest BCUT2D eigenvalue weighted by molar-refractivity contribution is 8.18. The summed E-state index contributed by atoms with van der Waals surface area (Å²) < 4.78 is 5.07. The van der Waals surface area contributed by atoms with Gasteiger partial charge in [0.25, 0.3) is 0 Å². The van der Waals surface area contributed by atoms with Crippen LogP contribution in [0.1, 0.15) is 20.5 Å². The molecule has 0 saturated heterocycles. The second-order valence-corrected chi connectivity index (χ2v) is 6.72. The van der Waals surface area contributed by atoms with Crippen molar-refractivity contribution in [3.8, 4) is 0 Å². The largest absolute Gasteiger partial charge is 0.465 e. The number of fused-ring (bicyclic) bond motifs is 1. The minimum Gasteiger partial charge on any atom is -0.465 e. The predicted octanol–water partition coefficient (Wildman–Crippen LogP) is 4.37. The lowest BCUT2D eigenvalue weighted by Gasteiger charge is -2.08. The van der Waals surface area contributed by atoms with Gasteiger partial charge in [0, 0.05) is 9.79 Å². The fourth-order valence-electron chi connectivity index (χ4n) is 1.93. The summed E-state index contributed by atoms with van der Waals surface area (Å²) in [6, 6.07) is 16.1. The lowest BCUT2D eigenvalue weighted by atomic mass is 10.1. The van der Waals surface area contributed by atoms with Crippen LogP contribution in [0.3, 0.4) is 0 Å². The molecule has 0 aliphatic carbocycles. The highest BCUT2D eigenvalue weighted by Crippen LogP contribution is 2.56. The van der Waals surface area contributed by atoms with E-state index in [1.54, 1.807) is 0 Å². The molecule has 0 spiro atoms. The maximum atomic E-state index is 11.4. The highest BCUT2D eigenvalue weighted by Gasteiger charge is 2.24. The van der Waals surface area contributed by atoms with Gasteiger partial charge in [-0.25, -0.2) is 4.79 Å². The van der Waals surface area contributed by atoms with Crippen molar-refractivity contribution < 1.29 is 9.53 Å². The minimum atomic E-state index is -0.290. The summed E-state index contributed by atoms with van der Waals surface area (Å²) in [6.45, 7) is 0. The van der Waals surface area contributed by atoms with Gasteiger partial charge < -0.3 is 4.74 Å². The highest BCUT2D eigenvalue weighted by atomic mass is 32.2. The van der Waals surface area contributed by atoms with Gasteiger partial charge >= 0.3 is 5.97 Å². The lowest BCUT2D eigenvalue weighted by Crippen LogP contribution is -2.00. The molecule has 2 aromatic carbocycles. The van der Waals surface area contributed by atoms with Crippen LogP contribution in [0.5, 0.6) is 0 Å². The van der Waals surface area contributed by atoms with E-state index in [2.05, 4.69) is 24.3 Å². The van der Waals surface area contributed by atoms with E-state index in [0.29, 0.717) is 10.1 Å². The molecule has 4 heteroatoms. The number of ether oxygens (including phenoxy) is 1. The number of hydrogen-bond donors (Lipinski definition) is 0. The van der Waals surface area contributed by atoms with Gasteiger partial charge in [-0.15, -0.1) is 23.5 Å². The third-order valence-electron chi connectivity index (χ3n) is 2.92. The zero-order valence-electron chi connectivity index (χ0n) is 10.3. The lowest BCUT2D eigenvalue weighted by molar-refractivity contribution is 0.0600. The average Bonchev–Trinajstić information content (AvgIpc) is 2.90. The summed E-state index contributed by atoms with van der Waals surface area (Å²) in [5, 5.41) is 0. The molecule has 0 N–H and O–H groups in total. The third-order valence-corrected chi connectivity index (χ3v) is 5.82. The SMILES string of the molecule is COC(=O)c1ccc(C2Sc3ccccc3S2)cc1. The maximum absolute atomic E-state index is 11.4. The molecule has 2 nitrogen and oxygen atoms in total. The number of thioether (sulfide) groups is 2. The van der Waals surface area contributed by atoms with Crippen molar-refractivity contribution in [2.45, 2.75) is 14.4 Å². The van der Waals surface area contributed by atoms with Crippen LogP contribution in [0, 0.1) is 0 Å². The Kier molecular flexibility index (Phi) is 3.53. The number of rotatable bonds is 2. The van der Waals surface area contributed by atoms with E-state index >= 15 is 0 Å². The number of benzene rings is 2. The summed E-state index contributed by atoms with van der Waals surface area (Å²) in [7, 11) is 1.40. The van der Waals surface area contributed by atoms with E-state index in [9.17, 15) is 4.79 Å². The Labute approximate surface area is 120 Å². The topological polar surface area (TPSA) is 26.3 Å². The number of carbonyl (C=O) groups is 1. The van der Waals surface area contributed by atoms with Crippen LogP contribution in [0.15, 0.2) is 58.3 Å². The molecule has 3 rings (SSSR count). The van der Waals surface area contributed by atoms with Gasteiger partial charge in [-0.2, -0.15) is 0 Å². The monoisotopic (exact) mass is 288 g/mol. The molecule has 1 heterocycles. The van der Waals surface area contributed by atoms with Gasteiger partial charge in [0.1, 0.15) is 0 Å². The Balaban J connectivity index is 1.80. The molecule has 0 saturated carbocycles. The van der Waals surface area contributed by atoms with Crippen molar-refractivity contribution in [1.29, 1.82) is 0 Å². The molecule has 0 amide bonds. The number of methoxy groups -OCH3 is 1. The third kappa shape index (κ3) is 2.51. The number of carbonyl (C=O) groups excluding carboxylic acids is 1.